The molecule has 0 spiro atoms. The Morgan fingerprint density at radius 1 is 1.15 bits per heavy atom. The van der Waals surface area contributed by atoms with Crippen LogP contribution < -0.4 is 10.2 Å². The molecule has 0 saturated heterocycles. The standard InChI is InChI=1S/C6H12N2.C6H10O6/c1-3-8-5-4-7(2)6-8;1-11-3(5(7)8)4(12-2)6(9)10/h4-5H,3,6H2,1-2H3;3-4H,1-2H3,(H,7,8)(H,9,10)/p-2/t;3-,4-/m.0/s1. The second-order valence-electron chi connectivity index (χ2n) is 4.05. The van der Waals surface area contributed by atoms with E-state index in [1.807, 2.05) is 0 Å². The minimum Gasteiger partial charge on any atom is -0.547 e. The summed E-state index contributed by atoms with van der Waals surface area (Å²) in [5.41, 5.74) is 0. The SMILES string of the molecule is CCN1C=CN(C)C1.CO[C@H](C(=O)[O-])[C@H](OC)C(=O)[O-]. The third-order valence-electron chi connectivity index (χ3n) is 2.59. The van der Waals surface area contributed by atoms with Gasteiger partial charge < -0.3 is 39.1 Å². The van der Waals surface area contributed by atoms with Crippen molar-refractivity contribution in [1.29, 1.82) is 0 Å². The number of aliphatic carboxylic acids is 2. The lowest BCUT2D eigenvalue weighted by molar-refractivity contribution is -0.335. The van der Waals surface area contributed by atoms with Gasteiger partial charge in [-0.2, -0.15) is 0 Å². The van der Waals surface area contributed by atoms with Gasteiger partial charge in [-0.25, -0.2) is 0 Å². The fourth-order valence-corrected chi connectivity index (χ4v) is 1.48. The van der Waals surface area contributed by atoms with Crippen molar-refractivity contribution >= 4 is 11.9 Å². The largest absolute Gasteiger partial charge is 0.547 e. The van der Waals surface area contributed by atoms with E-state index in [0.29, 0.717) is 0 Å². The van der Waals surface area contributed by atoms with Gasteiger partial charge in [-0.3, -0.25) is 0 Å². The van der Waals surface area contributed by atoms with E-state index in [9.17, 15) is 19.8 Å². The Bertz CT molecular complexity index is 327. The smallest absolute Gasteiger partial charge is 0.128 e. The molecular weight excluding hydrogens is 268 g/mol. The molecule has 0 fully saturated rings. The van der Waals surface area contributed by atoms with Crippen LogP contribution in [0.5, 0.6) is 0 Å². The molecule has 0 aromatic rings. The quantitative estimate of drug-likeness (QED) is 0.516. The number of hydrogen-bond acceptors (Lipinski definition) is 8. The van der Waals surface area contributed by atoms with Crippen LogP contribution in [0.3, 0.4) is 0 Å². The van der Waals surface area contributed by atoms with E-state index in [2.05, 4.69) is 45.6 Å². The van der Waals surface area contributed by atoms with Crippen molar-refractivity contribution < 1.29 is 29.3 Å². The van der Waals surface area contributed by atoms with Gasteiger partial charge >= 0.3 is 0 Å². The molecule has 0 aromatic heterocycles. The maximum atomic E-state index is 10.2. The van der Waals surface area contributed by atoms with Crippen LogP contribution in [0.15, 0.2) is 12.4 Å². The van der Waals surface area contributed by atoms with Gasteiger partial charge in [0.2, 0.25) is 0 Å². The molecule has 0 aromatic carbocycles. The summed E-state index contributed by atoms with van der Waals surface area (Å²) in [4.78, 5) is 24.9. The molecular formula is C12H20N2O6-2. The summed E-state index contributed by atoms with van der Waals surface area (Å²) in [6, 6.07) is 0. The third kappa shape index (κ3) is 5.89. The number of methoxy groups -OCH3 is 2. The van der Waals surface area contributed by atoms with Crippen LogP contribution in [0.1, 0.15) is 6.92 Å². The summed E-state index contributed by atoms with van der Waals surface area (Å²) in [5.74, 6) is -3.32. The van der Waals surface area contributed by atoms with Gasteiger partial charge in [0.1, 0.15) is 12.2 Å². The van der Waals surface area contributed by atoms with Crippen LogP contribution in [-0.4, -0.2) is 68.4 Å². The number of nitrogens with zero attached hydrogens (tertiary/aromatic N) is 2. The third-order valence-corrected chi connectivity index (χ3v) is 2.59. The molecule has 8 heteroatoms. The van der Waals surface area contributed by atoms with Gasteiger partial charge in [-0.15, -0.1) is 0 Å². The number of rotatable bonds is 6. The first-order valence-corrected chi connectivity index (χ1v) is 5.97. The summed E-state index contributed by atoms with van der Waals surface area (Å²) in [6.07, 6.45) is 0.892. The molecule has 0 radical (unpaired) electrons. The highest BCUT2D eigenvalue weighted by Crippen LogP contribution is 2.01. The molecule has 1 aliphatic heterocycles. The van der Waals surface area contributed by atoms with E-state index in [4.69, 9.17) is 0 Å². The maximum Gasteiger partial charge on any atom is 0.128 e. The van der Waals surface area contributed by atoms with Crippen molar-refractivity contribution in [2.75, 3.05) is 34.5 Å². The first kappa shape index (κ1) is 18.2. The molecule has 0 saturated carbocycles. The van der Waals surface area contributed by atoms with Gasteiger partial charge in [0.05, 0.1) is 18.6 Å². The Labute approximate surface area is 118 Å². The van der Waals surface area contributed by atoms with Gasteiger partial charge in [0.15, 0.2) is 0 Å². The maximum absolute atomic E-state index is 10.2. The number of carboxylic acids is 2. The Morgan fingerprint density at radius 3 is 1.75 bits per heavy atom. The molecule has 20 heavy (non-hydrogen) atoms. The number of carbonyl (C=O) groups is 2. The minimum atomic E-state index is -1.66. The second kappa shape index (κ2) is 9.16. The molecule has 0 unspecified atom stereocenters. The molecule has 0 amide bonds. The van der Waals surface area contributed by atoms with Crippen molar-refractivity contribution in [2.24, 2.45) is 0 Å². The van der Waals surface area contributed by atoms with Crippen LogP contribution in [0, 0.1) is 0 Å². The Morgan fingerprint density at radius 2 is 1.60 bits per heavy atom. The van der Waals surface area contributed by atoms with Crippen LogP contribution in [0.2, 0.25) is 0 Å². The monoisotopic (exact) mass is 288 g/mol. The minimum absolute atomic E-state index is 1.04. The molecule has 1 aliphatic rings. The first-order valence-electron chi connectivity index (χ1n) is 5.97. The molecule has 0 aliphatic carbocycles. The highest BCUT2D eigenvalue weighted by molar-refractivity contribution is 5.81. The number of carboxylic acid groups (broad SMARTS) is 2. The second-order valence-corrected chi connectivity index (χ2v) is 4.05. The lowest BCUT2D eigenvalue weighted by Crippen LogP contribution is -2.53. The lowest BCUT2D eigenvalue weighted by Gasteiger charge is -2.25. The van der Waals surface area contributed by atoms with Gasteiger partial charge in [0.25, 0.3) is 0 Å². The number of hydrogen-bond donors (Lipinski definition) is 0. The van der Waals surface area contributed by atoms with Crippen LogP contribution in [0.4, 0.5) is 0 Å². The van der Waals surface area contributed by atoms with E-state index in [0.717, 1.165) is 27.4 Å². The first-order chi connectivity index (χ1) is 9.37. The highest BCUT2D eigenvalue weighted by atomic mass is 16.6. The van der Waals surface area contributed by atoms with Crippen LogP contribution in [-0.2, 0) is 19.1 Å². The van der Waals surface area contributed by atoms with E-state index < -0.39 is 24.1 Å². The molecule has 0 bridgehead atoms. The summed E-state index contributed by atoms with van der Waals surface area (Å²) < 4.78 is 8.64. The molecule has 8 nitrogen and oxygen atoms in total. The lowest BCUT2D eigenvalue weighted by atomic mass is 10.2. The average Bonchev–Trinajstić information content (AvgIpc) is 2.81. The van der Waals surface area contributed by atoms with E-state index >= 15 is 0 Å². The fourth-order valence-electron chi connectivity index (χ4n) is 1.48. The van der Waals surface area contributed by atoms with Crippen LogP contribution >= 0.6 is 0 Å². The number of carbonyl (C=O) groups excluding carboxylic acids is 2. The zero-order valence-corrected chi connectivity index (χ0v) is 12.1. The molecule has 1 rings (SSSR count). The Kier molecular flexibility index (Phi) is 8.33. The van der Waals surface area contributed by atoms with Crippen molar-refractivity contribution in [3.05, 3.63) is 12.4 Å². The Balaban J connectivity index is 0.000000388. The summed E-state index contributed by atoms with van der Waals surface area (Å²) in [7, 11) is 4.15. The zero-order chi connectivity index (χ0) is 15.7. The predicted octanol–water partition coefficient (Wildman–Crippen LogP) is -2.80. The number of ether oxygens (including phenoxy) is 2. The van der Waals surface area contributed by atoms with E-state index in [-0.39, 0.29) is 0 Å². The van der Waals surface area contributed by atoms with Crippen molar-refractivity contribution in [3.8, 4) is 0 Å². The van der Waals surface area contributed by atoms with Crippen molar-refractivity contribution in [3.63, 3.8) is 0 Å². The van der Waals surface area contributed by atoms with Crippen LogP contribution in [0.25, 0.3) is 0 Å². The molecule has 0 N–H and O–H groups in total. The van der Waals surface area contributed by atoms with Crippen molar-refractivity contribution in [1.82, 2.24) is 9.80 Å². The topological polar surface area (TPSA) is 105 Å². The van der Waals surface area contributed by atoms with E-state index in [1.54, 1.807) is 0 Å². The molecule has 2 atom stereocenters. The zero-order valence-electron chi connectivity index (χ0n) is 12.1. The van der Waals surface area contributed by atoms with E-state index in [1.165, 1.54) is 0 Å². The predicted molar refractivity (Wildman–Crippen MR) is 65.8 cm³/mol. The van der Waals surface area contributed by atoms with Gasteiger partial charge in [-0.05, 0) is 6.92 Å². The summed E-state index contributed by atoms with van der Waals surface area (Å²) in [6.45, 7) is 4.32. The Hall–Kier alpha value is -1.80. The summed E-state index contributed by atoms with van der Waals surface area (Å²) >= 11 is 0. The normalized spacial score (nSPS) is 16.4. The van der Waals surface area contributed by atoms with Crippen molar-refractivity contribution in [2.45, 2.75) is 19.1 Å². The average molecular weight is 288 g/mol. The summed E-state index contributed by atoms with van der Waals surface area (Å²) in [5, 5.41) is 20.5. The van der Waals surface area contributed by atoms with Gasteiger partial charge in [0, 0.05) is 40.2 Å². The fraction of sp³-hybridized carbons (Fsp3) is 0.667. The molecule has 1 heterocycles. The highest BCUT2D eigenvalue weighted by Gasteiger charge is 2.23. The molecule has 116 valence electrons. The van der Waals surface area contributed by atoms with Gasteiger partial charge in [-0.1, -0.05) is 0 Å².